The minimum Gasteiger partial charge on any atom is -0.406 e. The van der Waals surface area contributed by atoms with Gasteiger partial charge in [0.15, 0.2) is 0 Å². The SMILES string of the molecule is CCC12CC(C3=C(CN4CCN(c5ccc(C(=O)NS(=O)(=O)c6ccc(N[C@H](C)C[C@H](Sc7ccccc7)N(C)CCO[Si](c7ccccc7)(c7ccccc7)C(C)(C)C)c(S(=O)(=O)C(F)(F)F)c6)cc5)CC4)CCC(C)(C)C3)(C1)C2. The summed E-state index contributed by atoms with van der Waals surface area (Å²) in [6, 6.07) is 38.6. The number of carbonyl (C=O) groups is 1. The highest BCUT2D eigenvalue weighted by Crippen LogP contribution is 2.79. The van der Waals surface area contributed by atoms with Gasteiger partial charge >= 0.3 is 5.51 Å². The Morgan fingerprint density at radius 1 is 0.815 bits per heavy atom. The van der Waals surface area contributed by atoms with Crippen LogP contribution in [0.4, 0.5) is 24.5 Å². The van der Waals surface area contributed by atoms with Crippen molar-refractivity contribution in [3.05, 3.63) is 150 Å². The predicted molar refractivity (Wildman–Crippen MR) is 323 cm³/mol. The molecule has 436 valence electrons. The molecule has 2 N–H and O–H groups in total. The molecule has 1 amide bonds. The number of anilines is 2. The zero-order valence-electron chi connectivity index (χ0n) is 48.1. The molecule has 1 heterocycles. The zero-order valence-corrected chi connectivity index (χ0v) is 51.6. The zero-order chi connectivity index (χ0) is 58.2. The number of halogens is 3. The van der Waals surface area contributed by atoms with E-state index in [0.717, 1.165) is 72.2 Å². The highest BCUT2D eigenvalue weighted by molar-refractivity contribution is 7.99. The number of piperazine rings is 1. The van der Waals surface area contributed by atoms with Crippen molar-refractivity contribution in [2.45, 2.75) is 136 Å². The van der Waals surface area contributed by atoms with Gasteiger partial charge in [0.05, 0.1) is 16.0 Å². The van der Waals surface area contributed by atoms with E-state index in [1.54, 1.807) is 42.0 Å². The van der Waals surface area contributed by atoms with Gasteiger partial charge in [0.1, 0.15) is 4.90 Å². The number of nitrogens with one attached hydrogen (secondary N) is 2. The molecule has 18 heteroatoms. The van der Waals surface area contributed by atoms with Gasteiger partial charge in [-0.3, -0.25) is 14.6 Å². The molecule has 0 unspecified atom stereocenters. The summed E-state index contributed by atoms with van der Waals surface area (Å²) in [6.45, 7) is 20.7. The van der Waals surface area contributed by atoms with Gasteiger partial charge < -0.3 is 14.6 Å². The second kappa shape index (κ2) is 23.6. The van der Waals surface area contributed by atoms with E-state index in [2.05, 4.69) is 85.8 Å². The Kier molecular flexibility index (Phi) is 17.7. The fraction of sp³-hybridized carbons (Fsp3) is 0.476. The first-order valence-corrected chi connectivity index (χ1v) is 34.2. The van der Waals surface area contributed by atoms with Gasteiger partial charge in [-0.15, -0.1) is 11.8 Å². The monoisotopic (exact) mass is 1180 g/mol. The van der Waals surface area contributed by atoms with Crippen LogP contribution in [0.5, 0.6) is 0 Å². The highest BCUT2D eigenvalue weighted by atomic mass is 32.2. The van der Waals surface area contributed by atoms with E-state index in [0.29, 0.717) is 41.9 Å². The van der Waals surface area contributed by atoms with Crippen LogP contribution in [-0.4, -0.2) is 111 Å². The van der Waals surface area contributed by atoms with Crippen molar-refractivity contribution in [2.24, 2.45) is 16.2 Å². The molecule has 2 atom stereocenters. The molecule has 0 spiro atoms. The maximum atomic E-state index is 14.5. The molecule has 5 aromatic rings. The first-order chi connectivity index (χ1) is 38.2. The lowest BCUT2D eigenvalue weighted by atomic mass is 9.31. The van der Waals surface area contributed by atoms with Crippen LogP contribution in [0.15, 0.2) is 159 Å². The Morgan fingerprint density at radius 3 is 1.95 bits per heavy atom. The summed E-state index contributed by atoms with van der Waals surface area (Å²) in [4.78, 5) is 19.3. The fourth-order valence-electron chi connectivity index (χ4n) is 13.2. The van der Waals surface area contributed by atoms with E-state index >= 15 is 0 Å². The van der Waals surface area contributed by atoms with Crippen LogP contribution in [0, 0.1) is 16.2 Å². The summed E-state index contributed by atoms with van der Waals surface area (Å²) in [6.07, 6.45) is 9.24. The Bertz CT molecular complexity index is 3220. The average molecular weight is 1180 g/mol. The van der Waals surface area contributed by atoms with Crippen molar-refractivity contribution in [3.8, 4) is 0 Å². The molecule has 0 radical (unpaired) electrons. The summed E-state index contributed by atoms with van der Waals surface area (Å²) in [5.74, 6) is -1.02. The summed E-state index contributed by atoms with van der Waals surface area (Å²) in [5.41, 5.74) is -0.531. The van der Waals surface area contributed by atoms with E-state index < -0.39 is 61.1 Å². The number of alkyl halides is 3. The number of sulfonamides is 1. The third-order valence-corrected chi connectivity index (χ3v) is 27.0. The molecule has 81 heavy (non-hydrogen) atoms. The Morgan fingerprint density at radius 2 is 1.40 bits per heavy atom. The fourth-order valence-corrected chi connectivity index (χ4v) is 21.1. The van der Waals surface area contributed by atoms with Crippen LogP contribution in [0.2, 0.25) is 5.04 Å². The van der Waals surface area contributed by atoms with Crippen molar-refractivity contribution >= 4 is 67.6 Å². The number of hydrogen-bond acceptors (Lipinski definition) is 11. The second-order valence-electron chi connectivity index (χ2n) is 25.1. The molecule has 0 aromatic heterocycles. The Hall–Kier alpha value is -4.95. The van der Waals surface area contributed by atoms with Crippen LogP contribution >= 0.6 is 11.8 Å². The first-order valence-electron chi connectivity index (χ1n) is 28.4. The van der Waals surface area contributed by atoms with Gasteiger partial charge in [-0.05, 0) is 145 Å². The quantitative estimate of drug-likeness (QED) is 0.0297. The minimum atomic E-state index is -6.11. The van der Waals surface area contributed by atoms with Crippen LogP contribution in [0.1, 0.15) is 110 Å². The smallest absolute Gasteiger partial charge is 0.406 e. The summed E-state index contributed by atoms with van der Waals surface area (Å²) in [5, 5.41) is 4.71. The molecule has 10 rings (SSSR count). The second-order valence-corrected chi connectivity index (χ2v) is 34.2. The van der Waals surface area contributed by atoms with E-state index in [1.165, 1.54) is 50.7 Å². The van der Waals surface area contributed by atoms with Crippen LogP contribution < -0.4 is 25.3 Å². The number of nitrogens with zero attached hydrogens (tertiary/aromatic N) is 3. The number of carbonyl (C=O) groups excluding carboxylic acids is 1. The lowest BCUT2D eigenvalue weighted by Gasteiger charge is -2.73. The highest BCUT2D eigenvalue weighted by Gasteiger charge is 2.68. The maximum absolute atomic E-state index is 14.5. The Balaban J connectivity index is 0.859. The van der Waals surface area contributed by atoms with Crippen molar-refractivity contribution < 1.29 is 39.2 Å². The number of hydrogen-bond donors (Lipinski definition) is 2. The van der Waals surface area contributed by atoms with Crippen LogP contribution in [0.3, 0.4) is 0 Å². The Labute approximate surface area is 484 Å². The summed E-state index contributed by atoms with van der Waals surface area (Å²) in [7, 11) is -11.9. The number of sulfone groups is 1. The number of allylic oxidation sites excluding steroid dienone is 1. The van der Waals surface area contributed by atoms with Gasteiger partial charge in [-0.25, -0.2) is 21.6 Å². The maximum Gasteiger partial charge on any atom is 0.501 e. The van der Waals surface area contributed by atoms with Gasteiger partial charge in [0, 0.05) is 68.1 Å². The lowest BCUT2D eigenvalue weighted by molar-refractivity contribution is -0.182. The molecule has 4 fully saturated rings. The van der Waals surface area contributed by atoms with Gasteiger partial charge in [0.2, 0.25) is 0 Å². The van der Waals surface area contributed by atoms with Gasteiger partial charge in [-0.1, -0.05) is 138 Å². The number of benzene rings is 5. The van der Waals surface area contributed by atoms with Crippen molar-refractivity contribution in [1.82, 2.24) is 14.5 Å². The molecule has 1 aliphatic heterocycles. The first kappa shape index (κ1) is 60.6. The molecule has 4 aliphatic carbocycles. The lowest BCUT2D eigenvalue weighted by Crippen LogP contribution is -2.67. The molecular weight excluding hydrogens is 1100 g/mol. The topological polar surface area (TPSA) is 128 Å². The normalized spacial score (nSPS) is 21.5. The number of likely N-dealkylation sites (N-methyl/N-ethyl adjacent to an activating group) is 1. The number of amides is 1. The predicted octanol–water partition coefficient (Wildman–Crippen LogP) is 12.1. The standard InChI is InChI=1S/C63H80F3N5O6S3Si/c1-9-61-43-62(44-61,45-61)54-41-60(6,7)32-31-48(54)42-70-33-35-71(36-34-70)49-27-25-47(26-28-49)58(72)68-80(75,76)51-29-30-55(56(40-51)79(73,74)63(64,65)66)67-46(2)39-57(78-50-19-13-10-14-20-50)69(8)37-38-77-81(59(3,4)5,52-21-15-11-16-22-52)53-23-17-12-18-24-53/h10-30,40,46,57,67H,9,31-39,41-45H2,1-8H3,(H,68,72)/t46-,57+,61?,62?/m1/s1. The van der Waals surface area contributed by atoms with Crippen molar-refractivity contribution in [1.29, 1.82) is 0 Å². The van der Waals surface area contributed by atoms with Gasteiger partial charge in [-0.2, -0.15) is 13.2 Å². The molecule has 11 nitrogen and oxygen atoms in total. The van der Waals surface area contributed by atoms with E-state index in [4.69, 9.17) is 4.43 Å². The molecule has 2 bridgehead atoms. The third kappa shape index (κ3) is 12.9. The van der Waals surface area contributed by atoms with Gasteiger partial charge in [0.25, 0.3) is 34.1 Å². The largest absolute Gasteiger partial charge is 0.501 e. The molecule has 1 saturated heterocycles. The summed E-state index contributed by atoms with van der Waals surface area (Å²) < 4.78 is 107. The average Bonchev–Trinajstić information content (AvgIpc) is 3.59. The molecule has 5 aliphatic rings. The van der Waals surface area contributed by atoms with E-state index in [-0.39, 0.29) is 16.0 Å². The van der Waals surface area contributed by atoms with E-state index in [1.807, 2.05) is 78.5 Å². The molecule has 3 saturated carbocycles. The number of rotatable bonds is 22. The van der Waals surface area contributed by atoms with E-state index in [9.17, 15) is 34.8 Å². The van der Waals surface area contributed by atoms with Crippen molar-refractivity contribution in [3.63, 3.8) is 0 Å². The van der Waals surface area contributed by atoms with Crippen LogP contribution in [-0.2, 0) is 24.3 Å². The molecule has 5 aromatic carbocycles. The molecular formula is C63H80F3N5O6S3Si. The minimum absolute atomic E-state index is 0.0109. The van der Waals surface area contributed by atoms with Crippen LogP contribution in [0.25, 0.3) is 0 Å². The number of thioether (sulfide) groups is 1. The van der Waals surface area contributed by atoms with Crippen molar-refractivity contribution in [2.75, 3.05) is 63.1 Å². The third-order valence-electron chi connectivity index (χ3n) is 17.7. The summed E-state index contributed by atoms with van der Waals surface area (Å²) >= 11 is 1.55.